The molecule has 0 saturated carbocycles. The van der Waals surface area contributed by atoms with Gasteiger partial charge in [0.15, 0.2) is 0 Å². The van der Waals surface area contributed by atoms with E-state index in [0.717, 1.165) is 24.1 Å². The number of anilines is 1. The van der Waals surface area contributed by atoms with Gasteiger partial charge in [-0.15, -0.1) is 0 Å². The van der Waals surface area contributed by atoms with Crippen LogP contribution in [0.5, 0.6) is 0 Å². The SMILES string of the molecule is CN(C)c1ccc(CN(C[C@@H]2CCCO2)S(=O)(=O)c2ccc3[nH]c(=O)[nH]c3c2)cc1. The fourth-order valence-electron chi connectivity index (χ4n) is 3.69. The Labute approximate surface area is 175 Å². The maximum absolute atomic E-state index is 13.5. The summed E-state index contributed by atoms with van der Waals surface area (Å²) in [5.41, 5.74) is 2.63. The maximum Gasteiger partial charge on any atom is 0.323 e. The van der Waals surface area contributed by atoms with Crippen LogP contribution in [0.4, 0.5) is 5.69 Å². The zero-order valence-corrected chi connectivity index (χ0v) is 17.9. The van der Waals surface area contributed by atoms with Gasteiger partial charge in [-0.1, -0.05) is 12.1 Å². The number of nitrogens with one attached hydrogen (secondary N) is 2. The van der Waals surface area contributed by atoms with E-state index >= 15 is 0 Å². The quantitative estimate of drug-likeness (QED) is 0.599. The molecule has 4 rings (SSSR count). The van der Waals surface area contributed by atoms with Crippen LogP contribution in [0, 0.1) is 0 Å². The number of benzene rings is 2. The zero-order valence-electron chi connectivity index (χ0n) is 17.1. The Bertz CT molecular complexity index is 1180. The average Bonchev–Trinajstić information content (AvgIpc) is 3.35. The summed E-state index contributed by atoms with van der Waals surface area (Å²) in [4.78, 5) is 18.9. The van der Waals surface area contributed by atoms with Crippen molar-refractivity contribution >= 4 is 26.7 Å². The smallest absolute Gasteiger partial charge is 0.323 e. The molecule has 1 fully saturated rings. The van der Waals surface area contributed by atoms with E-state index in [0.29, 0.717) is 24.2 Å². The van der Waals surface area contributed by atoms with Crippen molar-refractivity contribution in [1.82, 2.24) is 14.3 Å². The lowest BCUT2D eigenvalue weighted by Crippen LogP contribution is -2.37. The molecule has 3 aromatic rings. The minimum Gasteiger partial charge on any atom is -0.378 e. The highest BCUT2D eigenvalue weighted by molar-refractivity contribution is 7.89. The number of fused-ring (bicyclic) bond motifs is 1. The largest absolute Gasteiger partial charge is 0.378 e. The van der Waals surface area contributed by atoms with Crippen molar-refractivity contribution in [2.75, 3.05) is 32.1 Å². The molecule has 2 N–H and O–H groups in total. The summed E-state index contributed by atoms with van der Waals surface area (Å²) >= 11 is 0. The third kappa shape index (κ3) is 4.28. The number of hydrogen-bond donors (Lipinski definition) is 2. The highest BCUT2D eigenvalue weighted by Crippen LogP contribution is 2.24. The van der Waals surface area contributed by atoms with Crippen molar-refractivity contribution in [2.45, 2.75) is 30.4 Å². The van der Waals surface area contributed by atoms with Crippen molar-refractivity contribution in [3.05, 3.63) is 58.5 Å². The average molecular weight is 431 g/mol. The summed E-state index contributed by atoms with van der Waals surface area (Å²) < 4.78 is 34.2. The van der Waals surface area contributed by atoms with Gasteiger partial charge in [-0.2, -0.15) is 4.31 Å². The van der Waals surface area contributed by atoms with Gasteiger partial charge in [-0.3, -0.25) is 0 Å². The van der Waals surface area contributed by atoms with Crippen molar-refractivity contribution in [3.8, 4) is 0 Å². The Morgan fingerprint density at radius 1 is 1.07 bits per heavy atom. The number of imidazole rings is 1. The van der Waals surface area contributed by atoms with Crippen LogP contribution < -0.4 is 10.6 Å². The summed E-state index contributed by atoms with van der Waals surface area (Å²) in [6.07, 6.45) is 1.67. The van der Waals surface area contributed by atoms with Crippen LogP contribution in [0.1, 0.15) is 18.4 Å². The summed E-state index contributed by atoms with van der Waals surface area (Å²) in [6.45, 7) is 1.20. The number of nitrogens with zero attached hydrogens (tertiary/aromatic N) is 2. The van der Waals surface area contributed by atoms with E-state index in [1.165, 1.54) is 16.4 Å². The van der Waals surface area contributed by atoms with Crippen LogP contribution in [-0.4, -0.2) is 56.0 Å². The summed E-state index contributed by atoms with van der Waals surface area (Å²) in [6, 6.07) is 12.5. The highest BCUT2D eigenvalue weighted by Gasteiger charge is 2.29. The number of hydrogen-bond acceptors (Lipinski definition) is 5. The normalized spacial score (nSPS) is 17.1. The van der Waals surface area contributed by atoms with Crippen molar-refractivity contribution in [1.29, 1.82) is 0 Å². The van der Waals surface area contributed by atoms with Gasteiger partial charge < -0.3 is 19.6 Å². The molecule has 1 aromatic heterocycles. The van der Waals surface area contributed by atoms with E-state index < -0.39 is 10.0 Å². The minimum absolute atomic E-state index is 0.114. The van der Waals surface area contributed by atoms with Gasteiger partial charge in [0.1, 0.15) is 0 Å². The van der Waals surface area contributed by atoms with Crippen molar-refractivity contribution in [2.24, 2.45) is 0 Å². The fraction of sp³-hybridized carbons (Fsp3) is 0.381. The molecule has 160 valence electrons. The van der Waals surface area contributed by atoms with E-state index in [9.17, 15) is 13.2 Å². The molecule has 0 radical (unpaired) electrons. The predicted octanol–water partition coefficient (Wildman–Crippen LogP) is 2.29. The summed E-state index contributed by atoms with van der Waals surface area (Å²) in [5.74, 6) is 0. The lowest BCUT2D eigenvalue weighted by molar-refractivity contribution is 0.0926. The Hall–Kier alpha value is -2.62. The van der Waals surface area contributed by atoms with E-state index in [-0.39, 0.29) is 23.2 Å². The van der Waals surface area contributed by atoms with Crippen LogP contribution in [0.15, 0.2) is 52.2 Å². The molecule has 1 aliphatic rings. The fourth-order valence-corrected chi connectivity index (χ4v) is 5.17. The molecular formula is C21H26N4O4S. The van der Waals surface area contributed by atoms with E-state index in [2.05, 4.69) is 9.97 Å². The molecule has 1 aliphatic heterocycles. The Kier molecular flexibility index (Phi) is 5.68. The standard InChI is InChI=1S/C21H26N4O4S/c1-24(2)16-7-5-15(6-8-16)13-25(14-17-4-3-11-29-17)30(27,28)18-9-10-19-20(12-18)23-21(26)22-19/h5-10,12,17H,3-4,11,13-14H2,1-2H3,(H2,22,23,26)/t17-/m0/s1. The van der Waals surface area contributed by atoms with Crippen LogP contribution in [-0.2, 0) is 21.3 Å². The van der Waals surface area contributed by atoms with Crippen LogP contribution in [0.25, 0.3) is 11.0 Å². The number of rotatable bonds is 7. The summed E-state index contributed by atoms with van der Waals surface area (Å²) in [7, 11) is 0.138. The highest BCUT2D eigenvalue weighted by atomic mass is 32.2. The molecule has 1 saturated heterocycles. The molecule has 2 heterocycles. The zero-order chi connectivity index (χ0) is 21.3. The number of ether oxygens (including phenoxy) is 1. The van der Waals surface area contributed by atoms with Crippen molar-refractivity contribution in [3.63, 3.8) is 0 Å². The first-order valence-electron chi connectivity index (χ1n) is 9.93. The van der Waals surface area contributed by atoms with Crippen LogP contribution in [0.3, 0.4) is 0 Å². The lowest BCUT2D eigenvalue weighted by atomic mass is 10.2. The second-order valence-corrected chi connectivity index (χ2v) is 9.72. The molecule has 0 spiro atoms. The van der Waals surface area contributed by atoms with Gasteiger partial charge in [0.25, 0.3) is 0 Å². The van der Waals surface area contributed by atoms with Gasteiger partial charge in [0.05, 0.1) is 22.0 Å². The molecular weight excluding hydrogens is 404 g/mol. The van der Waals surface area contributed by atoms with Crippen LogP contribution >= 0.6 is 0 Å². The molecule has 9 heteroatoms. The third-order valence-electron chi connectivity index (χ3n) is 5.37. The Balaban J connectivity index is 1.66. The second-order valence-electron chi connectivity index (χ2n) is 7.78. The number of H-pyrrole nitrogens is 2. The number of aromatic nitrogens is 2. The second kappa shape index (κ2) is 8.25. The van der Waals surface area contributed by atoms with Crippen molar-refractivity contribution < 1.29 is 13.2 Å². The Morgan fingerprint density at radius 3 is 2.47 bits per heavy atom. The topological polar surface area (TPSA) is 98.5 Å². The van der Waals surface area contributed by atoms with E-state index in [1.54, 1.807) is 6.07 Å². The van der Waals surface area contributed by atoms with Gasteiger partial charge in [0, 0.05) is 39.5 Å². The van der Waals surface area contributed by atoms with Gasteiger partial charge in [0.2, 0.25) is 10.0 Å². The first-order chi connectivity index (χ1) is 14.3. The minimum atomic E-state index is -3.79. The molecule has 0 aliphatic carbocycles. The molecule has 0 bridgehead atoms. The lowest BCUT2D eigenvalue weighted by Gasteiger charge is -2.25. The molecule has 1 atom stereocenters. The predicted molar refractivity (Wildman–Crippen MR) is 116 cm³/mol. The number of sulfonamides is 1. The monoisotopic (exact) mass is 430 g/mol. The summed E-state index contributed by atoms with van der Waals surface area (Å²) in [5, 5.41) is 0. The van der Waals surface area contributed by atoms with E-state index in [1.807, 2.05) is 43.3 Å². The Morgan fingerprint density at radius 2 is 1.80 bits per heavy atom. The van der Waals surface area contributed by atoms with Crippen LogP contribution in [0.2, 0.25) is 0 Å². The van der Waals surface area contributed by atoms with Gasteiger partial charge >= 0.3 is 5.69 Å². The first kappa shape index (κ1) is 20.6. The molecule has 0 unspecified atom stereocenters. The molecule has 30 heavy (non-hydrogen) atoms. The maximum atomic E-state index is 13.5. The molecule has 8 nitrogen and oxygen atoms in total. The number of aromatic amines is 2. The third-order valence-corrected chi connectivity index (χ3v) is 7.18. The first-order valence-corrected chi connectivity index (χ1v) is 11.4. The molecule has 2 aromatic carbocycles. The van der Waals surface area contributed by atoms with Gasteiger partial charge in [-0.05, 0) is 48.7 Å². The molecule has 0 amide bonds. The van der Waals surface area contributed by atoms with Gasteiger partial charge in [-0.25, -0.2) is 13.2 Å². The van der Waals surface area contributed by atoms with E-state index in [4.69, 9.17) is 4.74 Å².